The van der Waals surface area contributed by atoms with Gasteiger partial charge in [-0.3, -0.25) is 9.59 Å². The number of aromatic nitrogens is 2. The van der Waals surface area contributed by atoms with Gasteiger partial charge in [-0.05, 0) is 19.8 Å². The van der Waals surface area contributed by atoms with Crippen LogP contribution in [0.25, 0.3) is 0 Å². The molecule has 1 aromatic heterocycles. The van der Waals surface area contributed by atoms with Crippen LogP contribution in [0, 0.1) is 12.8 Å². The predicted molar refractivity (Wildman–Crippen MR) is 73.1 cm³/mol. The summed E-state index contributed by atoms with van der Waals surface area (Å²) in [5, 5.41) is 0. The molecule has 0 saturated carbocycles. The smallest absolute Gasteiger partial charge is 0.226 e. The molecule has 2 amide bonds. The van der Waals surface area contributed by atoms with Gasteiger partial charge in [0.1, 0.15) is 5.82 Å². The lowest BCUT2D eigenvalue weighted by atomic mass is 9.88. The van der Waals surface area contributed by atoms with Crippen LogP contribution in [0.15, 0.2) is 0 Å². The Labute approximate surface area is 118 Å². The van der Waals surface area contributed by atoms with Gasteiger partial charge in [0.25, 0.3) is 0 Å². The number of nitrogens with zero attached hydrogens (tertiary/aromatic N) is 3. The number of piperazine rings is 1. The summed E-state index contributed by atoms with van der Waals surface area (Å²) in [5.74, 6) is 1.22. The van der Waals surface area contributed by atoms with Crippen molar-refractivity contribution in [2.75, 3.05) is 26.2 Å². The highest BCUT2D eigenvalue weighted by Crippen LogP contribution is 2.25. The number of carbonyl (C=O) groups is 2. The molecule has 2 heterocycles. The van der Waals surface area contributed by atoms with Gasteiger partial charge in [0.05, 0.1) is 5.69 Å². The molecule has 1 unspecified atom stereocenters. The van der Waals surface area contributed by atoms with E-state index in [-0.39, 0.29) is 11.8 Å². The van der Waals surface area contributed by atoms with E-state index in [1.54, 1.807) is 4.90 Å². The van der Waals surface area contributed by atoms with Gasteiger partial charge in [-0.1, -0.05) is 0 Å². The molecule has 2 aliphatic rings. The second kappa shape index (κ2) is 5.26. The minimum absolute atomic E-state index is 0.0603. The van der Waals surface area contributed by atoms with Crippen molar-refractivity contribution in [3.63, 3.8) is 0 Å². The van der Waals surface area contributed by atoms with Gasteiger partial charge in [-0.15, -0.1) is 0 Å². The second-order valence-corrected chi connectivity index (χ2v) is 5.65. The summed E-state index contributed by atoms with van der Waals surface area (Å²) in [4.78, 5) is 34.6. The van der Waals surface area contributed by atoms with Gasteiger partial charge >= 0.3 is 0 Å². The van der Waals surface area contributed by atoms with Gasteiger partial charge in [0.15, 0.2) is 0 Å². The fourth-order valence-corrected chi connectivity index (χ4v) is 3.14. The summed E-state index contributed by atoms with van der Waals surface area (Å²) in [5.41, 5.74) is 2.25. The Hall–Kier alpha value is -1.85. The van der Waals surface area contributed by atoms with Gasteiger partial charge in [0.2, 0.25) is 12.3 Å². The van der Waals surface area contributed by atoms with Crippen molar-refractivity contribution in [3.8, 4) is 0 Å². The number of nitrogens with one attached hydrogen (secondary N) is 1. The Morgan fingerprint density at radius 2 is 2.10 bits per heavy atom. The molecule has 1 N–H and O–H groups in total. The first-order chi connectivity index (χ1) is 9.67. The zero-order valence-electron chi connectivity index (χ0n) is 11.8. The molecule has 0 spiro atoms. The van der Waals surface area contributed by atoms with Crippen molar-refractivity contribution in [3.05, 3.63) is 17.2 Å². The number of imidazole rings is 1. The van der Waals surface area contributed by atoms with Crippen molar-refractivity contribution in [2.24, 2.45) is 5.92 Å². The van der Waals surface area contributed by atoms with E-state index in [1.165, 1.54) is 0 Å². The lowest BCUT2D eigenvalue weighted by molar-refractivity contribution is -0.139. The normalized spacial score (nSPS) is 22.6. The minimum Gasteiger partial charge on any atom is -0.346 e. The predicted octanol–water partition coefficient (Wildman–Crippen LogP) is 0.124. The number of fused-ring (bicyclic) bond motifs is 1. The Morgan fingerprint density at radius 3 is 2.80 bits per heavy atom. The topological polar surface area (TPSA) is 69.3 Å². The molecule has 6 nitrogen and oxygen atoms in total. The van der Waals surface area contributed by atoms with Crippen LogP contribution in [0.2, 0.25) is 0 Å². The summed E-state index contributed by atoms with van der Waals surface area (Å²) in [7, 11) is 0. The molecule has 0 radical (unpaired) electrons. The number of amides is 2. The molecular weight excluding hydrogens is 256 g/mol. The summed E-state index contributed by atoms with van der Waals surface area (Å²) in [6.45, 7) is 4.56. The van der Waals surface area contributed by atoms with Gasteiger partial charge in [0, 0.05) is 44.2 Å². The quantitative estimate of drug-likeness (QED) is 0.780. The van der Waals surface area contributed by atoms with Crippen molar-refractivity contribution in [2.45, 2.75) is 26.2 Å². The number of carbonyl (C=O) groups excluding carboxylic acids is 2. The molecule has 3 rings (SSSR count). The first-order valence-electron chi connectivity index (χ1n) is 7.20. The number of aromatic amines is 1. The van der Waals surface area contributed by atoms with E-state index in [9.17, 15) is 9.59 Å². The van der Waals surface area contributed by atoms with Crippen LogP contribution >= 0.6 is 0 Å². The average molecular weight is 276 g/mol. The zero-order valence-corrected chi connectivity index (χ0v) is 11.8. The third-order valence-corrected chi connectivity index (χ3v) is 4.29. The Morgan fingerprint density at radius 1 is 1.35 bits per heavy atom. The van der Waals surface area contributed by atoms with Crippen LogP contribution in [-0.4, -0.2) is 58.3 Å². The van der Waals surface area contributed by atoms with Gasteiger partial charge < -0.3 is 14.8 Å². The summed E-state index contributed by atoms with van der Waals surface area (Å²) in [6, 6.07) is 0. The minimum atomic E-state index is 0.0603. The highest BCUT2D eigenvalue weighted by Gasteiger charge is 2.31. The van der Waals surface area contributed by atoms with Crippen molar-refractivity contribution in [1.29, 1.82) is 0 Å². The van der Waals surface area contributed by atoms with E-state index in [4.69, 9.17) is 0 Å². The van der Waals surface area contributed by atoms with E-state index in [1.807, 2.05) is 11.8 Å². The molecule has 1 atom stereocenters. The standard InChI is InChI=1S/C14H20N4O2/c1-10-15-12-3-2-11(8-13(12)16-10)14(20)18-6-4-17(9-19)5-7-18/h9,11H,2-8H2,1H3,(H,15,16). The maximum atomic E-state index is 12.5. The van der Waals surface area contributed by atoms with Crippen LogP contribution < -0.4 is 0 Å². The molecule has 0 bridgehead atoms. The lowest BCUT2D eigenvalue weighted by Gasteiger charge is -2.35. The Balaban J connectivity index is 1.63. The molecule has 1 aliphatic heterocycles. The summed E-state index contributed by atoms with van der Waals surface area (Å²) >= 11 is 0. The van der Waals surface area contributed by atoms with Crippen LogP contribution in [-0.2, 0) is 22.4 Å². The maximum Gasteiger partial charge on any atom is 0.226 e. The van der Waals surface area contributed by atoms with Crippen LogP contribution in [0.5, 0.6) is 0 Å². The summed E-state index contributed by atoms with van der Waals surface area (Å²) in [6.07, 6.45) is 3.39. The first-order valence-corrected chi connectivity index (χ1v) is 7.20. The largest absolute Gasteiger partial charge is 0.346 e. The van der Waals surface area contributed by atoms with Gasteiger partial charge in [-0.25, -0.2) is 4.98 Å². The van der Waals surface area contributed by atoms with Crippen LogP contribution in [0.1, 0.15) is 23.6 Å². The number of aryl methyl sites for hydroxylation is 2. The van der Waals surface area contributed by atoms with Crippen LogP contribution in [0.3, 0.4) is 0 Å². The third-order valence-electron chi connectivity index (χ3n) is 4.29. The molecule has 1 aromatic rings. The number of H-pyrrole nitrogens is 1. The highest BCUT2D eigenvalue weighted by molar-refractivity contribution is 5.79. The molecular formula is C14H20N4O2. The molecule has 0 aromatic carbocycles. The first kappa shape index (κ1) is 13.1. The van der Waals surface area contributed by atoms with Crippen molar-refractivity contribution < 1.29 is 9.59 Å². The van der Waals surface area contributed by atoms with E-state index >= 15 is 0 Å². The van der Waals surface area contributed by atoms with E-state index in [0.29, 0.717) is 26.2 Å². The SMILES string of the molecule is Cc1nc2c([nH]1)CC(C(=O)N1CCN(C=O)CC1)CC2. The van der Waals surface area contributed by atoms with E-state index in [2.05, 4.69) is 9.97 Å². The second-order valence-electron chi connectivity index (χ2n) is 5.65. The molecule has 1 fully saturated rings. The van der Waals surface area contributed by atoms with Gasteiger partial charge in [-0.2, -0.15) is 0 Å². The molecule has 6 heteroatoms. The molecule has 108 valence electrons. The monoisotopic (exact) mass is 276 g/mol. The van der Waals surface area contributed by atoms with E-state index < -0.39 is 0 Å². The third kappa shape index (κ3) is 2.42. The molecule has 20 heavy (non-hydrogen) atoms. The summed E-state index contributed by atoms with van der Waals surface area (Å²) < 4.78 is 0. The molecule has 1 aliphatic carbocycles. The van der Waals surface area contributed by atoms with Crippen molar-refractivity contribution >= 4 is 12.3 Å². The fourth-order valence-electron chi connectivity index (χ4n) is 3.14. The zero-order chi connectivity index (χ0) is 14.1. The number of hydrogen-bond acceptors (Lipinski definition) is 3. The Kier molecular flexibility index (Phi) is 3.46. The maximum absolute atomic E-state index is 12.5. The number of hydrogen-bond donors (Lipinski definition) is 1. The Bertz CT molecular complexity index is 517. The molecule has 1 saturated heterocycles. The lowest BCUT2D eigenvalue weighted by Crippen LogP contribution is -2.50. The highest BCUT2D eigenvalue weighted by atomic mass is 16.2. The van der Waals surface area contributed by atoms with Crippen molar-refractivity contribution in [1.82, 2.24) is 19.8 Å². The van der Waals surface area contributed by atoms with E-state index in [0.717, 1.165) is 42.9 Å². The fraction of sp³-hybridized carbons (Fsp3) is 0.643. The van der Waals surface area contributed by atoms with Crippen LogP contribution in [0.4, 0.5) is 0 Å². The average Bonchev–Trinajstić information content (AvgIpc) is 2.85. The number of rotatable bonds is 2.